The Kier molecular flexibility index (Phi) is 7.75. The van der Waals surface area contributed by atoms with Crippen LogP contribution in [0.1, 0.15) is 52.9 Å². The molecule has 0 aromatic carbocycles. The molecule has 0 aromatic heterocycles. The third kappa shape index (κ3) is 4.37. The van der Waals surface area contributed by atoms with Gasteiger partial charge in [-0.3, -0.25) is 4.79 Å². The van der Waals surface area contributed by atoms with Gasteiger partial charge in [0.15, 0.2) is 5.78 Å². The first-order valence-corrected chi connectivity index (χ1v) is 13.6. The lowest BCUT2D eigenvalue weighted by Gasteiger charge is -2.58. The molecule has 8 atom stereocenters. The predicted octanol–water partition coefficient (Wildman–Crippen LogP) is 5.65. The van der Waals surface area contributed by atoms with Crippen molar-refractivity contribution in [2.75, 3.05) is 13.2 Å². The number of halogens is 1. The predicted molar refractivity (Wildman–Crippen MR) is 134 cm³/mol. The van der Waals surface area contributed by atoms with Crippen LogP contribution in [0.3, 0.4) is 0 Å². The van der Waals surface area contributed by atoms with E-state index in [2.05, 4.69) is 36.3 Å². The van der Waals surface area contributed by atoms with Gasteiger partial charge in [0.2, 0.25) is 0 Å². The number of hydrogen-bond donors (Lipinski definition) is 1. The monoisotopic (exact) mass is 590 g/mol. The van der Waals surface area contributed by atoms with Crippen molar-refractivity contribution < 1.29 is 21.9 Å². The van der Waals surface area contributed by atoms with Gasteiger partial charge in [0.25, 0.3) is 0 Å². The van der Waals surface area contributed by atoms with Crippen LogP contribution >= 0.6 is 31.6 Å². The summed E-state index contributed by atoms with van der Waals surface area (Å²) in [7, 11) is -1.53. The number of carbonyl (C=O) groups is 1. The molecule has 3 fully saturated rings. The van der Waals surface area contributed by atoms with Crippen molar-refractivity contribution in [1.29, 1.82) is 0 Å². The van der Waals surface area contributed by atoms with Gasteiger partial charge < -0.3 is 14.3 Å². The lowest BCUT2D eigenvalue weighted by Crippen LogP contribution is -2.56. The number of aliphatic hydroxyl groups is 1. The minimum atomic E-state index is -1.53. The molecule has 33 heavy (non-hydrogen) atoms. The molecule has 0 heterocycles. The van der Waals surface area contributed by atoms with Gasteiger partial charge in [-0.25, -0.2) is 2.85 Å². The normalized spacial score (nSPS) is 41.5. The zero-order valence-electron chi connectivity index (χ0n) is 19.3. The smallest absolute Gasteiger partial charge is 0.389 e. The van der Waals surface area contributed by atoms with Crippen molar-refractivity contribution in [3.05, 3.63) is 28.7 Å². The second-order valence-electron chi connectivity index (χ2n) is 10.1. The zero-order valence-corrected chi connectivity index (χ0v) is 22.3. The number of nitrogens with zero attached hydrogens (tertiary/aromatic N) is 2. The molecule has 182 valence electrons. The van der Waals surface area contributed by atoms with Crippen LogP contribution in [0, 0.1) is 39.4 Å². The highest BCUT2D eigenvalue weighted by Gasteiger charge is 2.63. The maximum absolute atomic E-state index is 12.5. The molecule has 4 aliphatic rings. The molecule has 4 aliphatic carbocycles. The van der Waals surface area contributed by atoms with E-state index in [1.54, 1.807) is 23.0 Å². The number of Topliss-reactive ketones (excluding diaryl/α,β-unsaturated/α-hetero) is 1. The number of ketones is 1. The van der Waals surface area contributed by atoms with Crippen LogP contribution in [-0.4, -0.2) is 35.9 Å². The fourth-order valence-corrected chi connectivity index (χ4v) is 8.42. The van der Waals surface area contributed by atoms with Crippen LogP contribution in [0.15, 0.2) is 34.1 Å². The molecule has 10 heteroatoms. The highest BCUT2D eigenvalue weighted by Crippen LogP contribution is 2.66. The van der Waals surface area contributed by atoms with Crippen LogP contribution in [-0.2, 0) is 16.8 Å². The number of hydrogen-bond acceptors (Lipinski definition) is 8. The number of aliphatic hydroxyl groups excluding tert-OH is 1. The zero-order chi connectivity index (χ0) is 23.8. The number of rotatable bonds is 8. The van der Waals surface area contributed by atoms with Crippen LogP contribution < -0.4 is 0 Å². The second-order valence-corrected chi connectivity index (χ2v) is 12.3. The molecule has 0 spiro atoms. The summed E-state index contributed by atoms with van der Waals surface area (Å²) in [5.41, 5.74) is 1.38. The van der Waals surface area contributed by atoms with Gasteiger partial charge in [-0.1, -0.05) is 35.8 Å². The summed E-state index contributed by atoms with van der Waals surface area (Å²) in [6, 6.07) is -0.366. The summed E-state index contributed by atoms with van der Waals surface area (Å²) in [4.78, 5) is 24.7. The van der Waals surface area contributed by atoms with Crippen LogP contribution in [0.5, 0.6) is 0 Å². The first kappa shape index (κ1) is 25.4. The third-order valence-corrected chi connectivity index (χ3v) is 10.5. The van der Waals surface area contributed by atoms with Gasteiger partial charge in [0.05, 0.1) is 12.6 Å². The second kappa shape index (κ2) is 10.1. The summed E-state index contributed by atoms with van der Waals surface area (Å²) < 4.78 is 15.9. The van der Waals surface area contributed by atoms with Crippen molar-refractivity contribution >= 4 is 43.1 Å². The highest BCUT2D eigenvalue weighted by molar-refractivity contribution is 14.1. The lowest BCUT2D eigenvalue weighted by atomic mass is 9.46. The molecule has 0 radical (unpaired) electrons. The quantitative estimate of drug-likeness (QED) is 0.170. The van der Waals surface area contributed by atoms with Crippen molar-refractivity contribution in [1.82, 2.24) is 0 Å². The Morgan fingerprint density at radius 1 is 1.33 bits per heavy atom. The van der Waals surface area contributed by atoms with E-state index in [-0.39, 0.29) is 34.5 Å². The molecule has 0 bridgehead atoms. The minimum Gasteiger partial charge on any atom is -0.389 e. The molecule has 0 aromatic rings. The molecule has 0 saturated heterocycles. The van der Waals surface area contributed by atoms with Crippen LogP contribution in [0.25, 0.3) is 0 Å². The average molecular weight is 590 g/mol. The van der Waals surface area contributed by atoms with Gasteiger partial charge in [-0.05, 0) is 68.4 Å². The van der Waals surface area contributed by atoms with E-state index < -0.39 is 15.2 Å². The average Bonchev–Trinajstić information content (AvgIpc) is 3.17. The summed E-state index contributed by atoms with van der Waals surface area (Å²) in [6.45, 7) is 6.27. The Labute approximate surface area is 210 Å². The number of carbonyl (C=O) groups excluding carboxylic acids is 1. The van der Waals surface area contributed by atoms with Gasteiger partial charge in [0, 0.05) is 17.3 Å². The fraction of sp³-hybridized carbons (Fsp3) is 0.739. The van der Waals surface area contributed by atoms with Gasteiger partial charge in [-0.2, -0.15) is 4.91 Å². The maximum atomic E-state index is 12.5. The topological polar surface area (TPSA) is 107 Å². The molecule has 0 amide bonds. The minimum absolute atomic E-state index is 0.0907. The van der Waals surface area contributed by atoms with Gasteiger partial charge >= 0.3 is 8.60 Å². The van der Waals surface area contributed by atoms with E-state index in [0.717, 1.165) is 25.7 Å². The molecule has 1 N–H and O–H groups in total. The van der Waals surface area contributed by atoms with E-state index in [1.165, 1.54) is 5.57 Å². The van der Waals surface area contributed by atoms with Crippen molar-refractivity contribution in [3.8, 4) is 0 Å². The largest absolute Gasteiger partial charge is 0.429 e. The van der Waals surface area contributed by atoms with Crippen LogP contribution in [0.2, 0.25) is 0 Å². The fourth-order valence-electron chi connectivity index (χ4n) is 7.38. The van der Waals surface area contributed by atoms with Crippen molar-refractivity contribution in [3.63, 3.8) is 0 Å². The maximum Gasteiger partial charge on any atom is 0.429 e. The molecule has 8 unspecified atom stereocenters. The molecule has 4 rings (SSSR count). The Balaban J connectivity index is 1.60. The third-order valence-electron chi connectivity index (χ3n) is 8.69. The summed E-state index contributed by atoms with van der Waals surface area (Å²) in [6.07, 6.45) is 10.4. The Hall–Kier alpha value is -0.740. The number of oxime groups is 1. The Morgan fingerprint density at radius 2 is 2.12 bits per heavy atom. The Morgan fingerprint density at radius 3 is 2.79 bits per heavy atom. The summed E-state index contributed by atoms with van der Waals surface area (Å²) >= 11 is 1.75. The Bertz CT molecular complexity index is 881. The van der Waals surface area contributed by atoms with Crippen molar-refractivity contribution in [2.24, 2.45) is 44.8 Å². The molecule has 8 nitrogen and oxygen atoms in total. The number of allylic oxidation sites excluding steroid dienone is 4. The van der Waals surface area contributed by atoms with E-state index in [0.29, 0.717) is 30.6 Å². The first-order chi connectivity index (χ1) is 15.8. The van der Waals surface area contributed by atoms with Gasteiger partial charge in [0.1, 0.15) is 35.3 Å². The van der Waals surface area contributed by atoms with E-state index in [1.807, 2.05) is 13.0 Å². The van der Waals surface area contributed by atoms with Gasteiger partial charge in [-0.15, -0.1) is 0 Å². The van der Waals surface area contributed by atoms with E-state index in [9.17, 15) is 14.8 Å². The first-order valence-electron chi connectivity index (χ1n) is 11.7. The lowest BCUT2D eigenvalue weighted by molar-refractivity contribution is -0.132. The van der Waals surface area contributed by atoms with E-state index >= 15 is 0 Å². The summed E-state index contributed by atoms with van der Waals surface area (Å²) in [5.74, 6) is 0.504. The van der Waals surface area contributed by atoms with Crippen molar-refractivity contribution in [2.45, 2.75) is 58.9 Å². The molecular weight excluding hydrogens is 558 g/mol. The standard InChI is InChI=1S/C23H32IN2O6P/c1-4-30-33(31-24)32-26-15-9-10-22(2)14(11-15)5-6-16-17-7-8-18(20(28)13-27)23(17,3)12-19(25-29)21(16)22/h9-11,16-19,21,27H,4-8,12-13H2,1-3H3/b26-15-. The molecular formula is C23H32IN2O6P. The molecule has 0 aliphatic heterocycles. The number of nitroso groups, excluding NO2 is 1. The summed E-state index contributed by atoms with van der Waals surface area (Å²) in [5, 5.41) is 17.4. The van der Waals surface area contributed by atoms with E-state index in [4.69, 9.17) is 12.0 Å². The SMILES string of the molecule is CCOP(OI)O/N=C1/C=CC2(C)C(=C1)CCC1C2C(N=O)CC2(C)C(C(=O)CO)CCC12. The van der Waals surface area contributed by atoms with Crippen LogP contribution in [0.4, 0.5) is 0 Å². The number of fused-ring (bicyclic) bond motifs is 5. The highest BCUT2D eigenvalue weighted by atomic mass is 127. The molecule has 3 saturated carbocycles.